The van der Waals surface area contributed by atoms with Crippen LogP contribution in [-0.4, -0.2) is 34.2 Å². The van der Waals surface area contributed by atoms with Gasteiger partial charge in [-0.05, 0) is 50.5 Å². The number of thioether (sulfide) groups is 1. The van der Waals surface area contributed by atoms with Gasteiger partial charge < -0.3 is 10.2 Å². The number of nitrogens with one attached hydrogen (secondary N) is 1. The maximum atomic E-state index is 12.9. The minimum Gasteiger partial charge on any atom is -0.354 e. The van der Waals surface area contributed by atoms with Crippen LogP contribution in [0.4, 0.5) is 15.9 Å². The van der Waals surface area contributed by atoms with Gasteiger partial charge >= 0.3 is 0 Å². The number of anilines is 2. The largest absolute Gasteiger partial charge is 0.354 e. The summed E-state index contributed by atoms with van der Waals surface area (Å²) in [6.07, 6.45) is 5.16. The molecule has 1 N–H and O–H groups in total. The Morgan fingerprint density at radius 3 is 2.88 bits per heavy atom. The molecule has 0 bridgehead atoms. The van der Waals surface area contributed by atoms with E-state index in [2.05, 4.69) is 27.1 Å². The summed E-state index contributed by atoms with van der Waals surface area (Å²) in [5.41, 5.74) is 0.581. The highest BCUT2D eigenvalue weighted by atomic mass is 32.2. The molecule has 7 heteroatoms. The predicted molar refractivity (Wildman–Crippen MR) is 98.4 cm³/mol. The van der Waals surface area contributed by atoms with Crippen LogP contribution in [0.1, 0.15) is 26.2 Å². The lowest BCUT2D eigenvalue weighted by atomic mass is 10.0. The minimum atomic E-state index is -0.326. The van der Waals surface area contributed by atoms with E-state index in [1.54, 1.807) is 18.5 Å². The molecule has 1 aromatic heterocycles. The molecule has 25 heavy (non-hydrogen) atoms. The van der Waals surface area contributed by atoms with Gasteiger partial charge in [0.1, 0.15) is 23.0 Å². The van der Waals surface area contributed by atoms with E-state index in [4.69, 9.17) is 0 Å². The van der Waals surface area contributed by atoms with E-state index in [-0.39, 0.29) is 17.5 Å². The standard InChI is InChI=1S/C18H21FN4OS/c1-13-4-2-3-9-23(13)16-10-18(21-12-20-16)25-11-17(24)22-15-7-5-14(19)6-8-15/h5-8,10,12-13H,2-4,9,11H2,1H3,(H,22,24). The van der Waals surface area contributed by atoms with Crippen LogP contribution in [0, 0.1) is 5.82 Å². The Hall–Kier alpha value is -2.15. The molecule has 2 heterocycles. The second-order valence-corrected chi connectivity index (χ2v) is 7.09. The maximum Gasteiger partial charge on any atom is 0.234 e. The van der Waals surface area contributed by atoms with Crippen molar-refractivity contribution in [3.63, 3.8) is 0 Å². The lowest BCUT2D eigenvalue weighted by Crippen LogP contribution is -2.38. The zero-order valence-corrected chi connectivity index (χ0v) is 14.9. The molecule has 1 atom stereocenters. The van der Waals surface area contributed by atoms with Crippen molar-refractivity contribution in [3.8, 4) is 0 Å². The molecule has 1 unspecified atom stereocenters. The molecule has 0 radical (unpaired) electrons. The maximum absolute atomic E-state index is 12.9. The van der Waals surface area contributed by atoms with Gasteiger partial charge in [0.2, 0.25) is 5.91 Å². The van der Waals surface area contributed by atoms with E-state index >= 15 is 0 Å². The second-order valence-electron chi connectivity index (χ2n) is 6.10. The molecule has 5 nitrogen and oxygen atoms in total. The highest BCUT2D eigenvalue weighted by Crippen LogP contribution is 2.25. The zero-order chi connectivity index (χ0) is 17.6. The van der Waals surface area contributed by atoms with Crippen molar-refractivity contribution in [2.24, 2.45) is 0 Å². The van der Waals surface area contributed by atoms with Crippen LogP contribution in [-0.2, 0) is 4.79 Å². The van der Waals surface area contributed by atoms with E-state index in [9.17, 15) is 9.18 Å². The lowest BCUT2D eigenvalue weighted by molar-refractivity contribution is -0.113. The minimum absolute atomic E-state index is 0.150. The number of amides is 1. The SMILES string of the molecule is CC1CCCCN1c1cc(SCC(=O)Nc2ccc(F)cc2)ncn1. The number of hydrogen-bond donors (Lipinski definition) is 1. The van der Waals surface area contributed by atoms with Gasteiger partial charge in [-0.15, -0.1) is 0 Å². The van der Waals surface area contributed by atoms with Crippen LogP contribution in [0.15, 0.2) is 41.7 Å². The molecule has 1 amide bonds. The van der Waals surface area contributed by atoms with E-state index in [1.165, 1.54) is 43.2 Å². The number of hydrogen-bond acceptors (Lipinski definition) is 5. The van der Waals surface area contributed by atoms with Crippen LogP contribution >= 0.6 is 11.8 Å². The average Bonchev–Trinajstić information content (AvgIpc) is 2.63. The molecule has 0 aliphatic carbocycles. The summed E-state index contributed by atoms with van der Waals surface area (Å²) in [6.45, 7) is 3.22. The van der Waals surface area contributed by atoms with Crippen molar-refractivity contribution in [2.45, 2.75) is 37.3 Å². The molecule has 2 aromatic rings. The fourth-order valence-electron chi connectivity index (χ4n) is 2.87. The number of carbonyl (C=O) groups is 1. The molecule has 1 aromatic carbocycles. The highest BCUT2D eigenvalue weighted by Gasteiger charge is 2.20. The summed E-state index contributed by atoms with van der Waals surface area (Å²) in [4.78, 5) is 23.0. The third-order valence-corrected chi connectivity index (χ3v) is 5.13. The summed E-state index contributed by atoms with van der Waals surface area (Å²) in [6, 6.07) is 8.13. The first-order valence-corrected chi connectivity index (χ1v) is 9.37. The molecule has 0 spiro atoms. The summed E-state index contributed by atoms with van der Waals surface area (Å²) in [5.74, 6) is 0.684. The van der Waals surface area contributed by atoms with Crippen molar-refractivity contribution in [1.82, 2.24) is 9.97 Å². The fraction of sp³-hybridized carbons (Fsp3) is 0.389. The molecule has 1 saturated heterocycles. The summed E-state index contributed by atoms with van der Waals surface area (Å²) in [5, 5.41) is 3.52. The normalized spacial score (nSPS) is 17.4. The van der Waals surface area contributed by atoms with Crippen molar-refractivity contribution in [1.29, 1.82) is 0 Å². The Kier molecular flexibility index (Phi) is 5.86. The Labute approximate surface area is 151 Å². The van der Waals surface area contributed by atoms with Gasteiger partial charge in [0.05, 0.1) is 5.75 Å². The van der Waals surface area contributed by atoms with Crippen LogP contribution in [0.3, 0.4) is 0 Å². The van der Waals surface area contributed by atoms with Crippen LogP contribution in [0.25, 0.3) is 0 Å². The van der Waals surface area contributed by atoms with Crippen molar-refractivity contribution >= 4 is 29.2 Å². The van der Waals surface area contributed by atoms with Crippen LogP contribution in [0.2, 0.25) is 0 Å². The monoisotopic (exact) mass is 360 g/mol. The van der Waals surface area contributed by atoms with Gasteiger partial charge in [0.15, 0.2) is 0 Å². The average molecular weight is 360 g/mol. The van der Waals surface area contributed by atoms with Gasteiger partial charge in [0, 0.05) is 24.3 Å². The van der Waals surface area contributed by atoms with Gasteiger partial charge in [-0.2, -0.15) is 0 Å². The van der Waals surface area contributed by atoms with Crippen molar-refractivity contribution in [3.05, 3.63) is 42.5 Å². The number of piperidine rings is 1. The van der Waals surface area contributed by atoms with E-state index < -0.39 is 0 Å². The first kappa shape index (κ1) is 17.7. The predicted octanol–water partition coefficient (Wildman–Crippen LogP) is 3.73. The van der Waals surface area contributed by atoms with Crippen LogP contribution < -0.4 is 10.2 Å². The summed E-state index contributed by atoms with van der Waals surface area (Å²) in [7, 11) is 0. The zero-order valence-electron chi connectivity index (χ0n) is 14.1. The Morgan fingerprint density at radius 1 is 1.32 bits per heavy atom. The van der Waals surface area contributed by atoms with E-state index in [1.807, 2.05) is 6.07 Å². The number of halogens is 1. The number of rotatable bonds is 5. The molecular weight excluding hydrogens is 339 g/mol. The summed E-state index contributed by atoms with van der Waals surface area (Å²) >= 11 is 1.37. The van der Waals surface area contributed by atoms with Crippen LogP contribution in [0.5, 0.6) is 0 Å². The van der Waals surface area contributed by atoms with Gasteiger partial charge in [-0.3, -0.25) is 4.79 Å². The van der Waals surface area contributed by atoms with Crippen molar-refractivity contribution < 1.29 is 9.18 Å². The topological polar surface area (TPSA) is 58.1 Å². The lowest BCUT2D eigenvalue weighted by Gasteiger charge is -2.34. The molecule has 132 valence electrons. The number of benzene rings is 1. The first-order chi connectivity index (χ1) is 12.1. The molecular formula is C18H21FN4OS. The van der Waals surface area contributed by atoms with Gasteiger partial charge in [-0.25, -0.2) is 14.4 Å². The molecule has 1 aliphatic rings. The molecule has 1 fully saturated rings. The summed E-state index contributed by atoms with van der Waals surface area (Å²) < 4.78 is 12.9. The molecule has 1 aliphatic heterocycles. The second kappa shape index (κ2) is 8.29. The van der Waals surface area contributed by atoms with Gasteiger partial charge in [0.25, 0.3) is 0 Å². The smallest absolute Gasteiger partial charge is 0.234 e. The third-order valence-electron chi connectivity index (χ3n) is 4.20. The molecule has 3 rings (SSSR count). The number of carbonyl (C=O) groups excluding carboxylic acids is 1. The third kappa shape index (κ3) is 4.92. The van der Waals surface area contributed by atoms with Crippen molar-refractivity contribution in [2.75, 3.05) is 22.5 Å². The Bertz CT molecular complexity index is 725. The van der Waals surface area contributed by atoms with E-state index in [0.29, 0.717) is 11.7 Å². The van der Waals surface area contributed by atoms with E-state index in [0.717, 1.165) is 17.4 Å². The fourth-order valence-corrected chi connectivity index (χ4v) is 3.54. The Balaban J connectivity index is 1.56. The Morgan fingerprint density at radius 2 is 2.12 bits per heavy atom. The van der Waals surface area contributed by atoms with Gasteiger partial charge in [-0.1, -0.05) is 11.8 Å². The molecule has 0 saturated carbocycles. The quantitative estimate of drug-likeness (QED) is 0.650. The first-order valence-electron chi connectivity index (χ1n) is 8.39. The number of nitrogens with zero attached hydrogens (tertiary/aromatic N) is 3. The highest BCUT2D eigenvalue weighted by molar-refractivity contribution is 7.99. The number of aromatic nitrogens is 2.